The first-order valence-corrected chi connectivity index (χ1v) is 7.73. The Hall–Kier alpha value is -1.10. The number of likely N-dealkylation sites (tertiary alicyclic amines) is 1. The molecule has 1 heterocycles. The second kappa shape index (κ2) is 8.25. The minimum atomic E-state index is 0.0858. The van der Waals surface area contributed by atoms with Crippen LogP contribution in [0, 0.1) is 11.8 Å². The third-order valence-electron chi connectivity index (χ3n) is 4.07. The summed E-state index contributed by atoms with van der Waals surface area (Å²) in [6.07, 6.45) is 1.69. The van der Waals surface area contributed by atoms with Gasteiger partial charge < -0.3 is 10.6 Å². The van der Waals surface area contributed by atoms with Crippen LogP contribution in [0.15, 0.2) is 0 Å². The van der Waals surface area contributed by atoms with Crippen LogP contribution < -0.4 is 10.6 Å². The topological polar surface area (TPSA) is 61.4 Å². The maximum absolute atomic E-state index is 11.9. The number of carbonyl (C=O) groups is 2. The number of hydrogen-bond donors (Lipinski definition) is 2. The molecule has 1 unspecified atom stereocenters. The standard InChI is InChI=1S/C15H29N3O2/c1-5-16-15(20)13-6-8-18(9-7-13)10-14(19)17-12(4)11(2)3/h11-13H,5-10H2,1-4H3,(H,16,20)(H,17,19). The van der Waals surface area contributed by atoms with Crippen LogP contribution in [0.5, 0.6) is 0 Å². The fraction of sp³-hybridized carbons (Fsp3) is 0.867. The number of piperidine rings is 1. The zero-order chi connectivity index (χ0) is 15.1. The highest BCUT2D eigenvalue weighted by Gasteiger charge is 2.25. The fourth-order valence-corrected chi connectivity index (χ4v) is 2.34. The van der Waals surface area contributed by atoms with Gasteiger partial charge >= 0.3 is 0 Å². The van der Waals surface area contributed by atoms with Gasteiger partial charge in [0.25, 0.3) is 0 Å². The van der Waals surface area contributed by atoms with Crippen molar-refractivity contribution in [1.29, 1.82) is 0 Å². The van der Waals surface area contributed by atoms with Crippen molar-refractivity contribution in [3.63, 3.8) is 0 Å². The van der Waals surface area contributed by atoms with E-state index in [2.05, 4.69) is 29.4 Å². The van der Waals surface area contributed by atoms with Gasteiger partial charge in [-0.3, -0.25) is 14.5 Å². The summed E-state index contributed by atoms with van der Waals surface area (Å²) in [5.74, 6) is 0.805. The summed E-state index contributed by atoms with van der Waals surface area (Å²) in [5, 5.41) is 5.89. The first-order valence-electron chi connectivity index (χ1n) is 7.73. The normalized spacial score (nSPS) is 18.9. The highest BCUT2D eigenvalue weighted by atomic mass is 16.2. The molecule has 0 radical (unpaired) electrons. The molecular weight excluding hydrogens is 254 g/mol. The lowest BCUT2D eigenvalue weighted by Gasteiger charge is -2.31. The molecule has 1 rings (SSSR count). The molecule has 20 heavy (non-hydrogen) atoms. The zero-order valence-electron chi connectivity index (χ0n) is 13.2. The molecule has 2 N–H and O–H groups in total. The number of carbonyl (C=O) groups excluding carboxylic acids is 2. The van der Waals surface area contributed by atoms with Gasteiger partial charge in [0.15, 0.2) is 0 Å². The van der Waals surface area contributed by atoms with Crippen LogP contribution in [-0.4, -0.2) is 48.9 Å². The van der Waals surface area contributed by atoms with E-state index in [9.17, 15) is 9.59 Å². The Balaban J connectivity index is 2.28. The van der Waals surface area contributed by atoms with Crippen LogP contribution in [0.3, 0.4) is 0 Å². The first kappa shape index (κ1) is 17.0. The number of rotatable bonds is 6. The summed E-state index contributed by atoms with van der Waals surface area (Å²) in [7, 11) is 0. The molecule has 1 aliphatic rings. The predicted molar refractivity (Wildman–Crippen MR) is 80.3 cm³/mol. The number of nitrogens with zero attached hydrogens (tertiary/aromatic N) is 1. The zero-order valence-corrected chi connectivity index (χ0v) is 13.2. The Morgan fingerprint density at radius 2 is 1.80 bits per heavy atom. The van der Waals surface area contributed by atoms with Crippen LogP contribution >= 0.6 is 0 Å². The van der Waals surface area contributed by atoms with Crippen molar-refractivity contribution >= 4 is 11.8 Å². The van der Waals surface area contributed by atoms with Crippen molar-refractivity contribution in [1.82, 2.24) is 15.5 Å². The van der Waals surface area contributed by atoms with Crippen molar-refractivity contribution < 1.29 is 9.59 Å². The van der Waals surface area contributed by atoms with E-state index in [1.54, 1.807) is 0 Å². The molecule has 5 heteroatoms. The molecule has 0 bridgehead atoms. The van der Waals surface area contributed by atoms with E-state index in [0.29, 0.717) is 19.0 Å². The summed E-state index contributed by atoms with van der Waals surface area (Å²) in [5.41, 5.74) is 0. The van der Waals surface area contributed by atoms with Crippen LogP contribution in [0.2, 0.25) is 0 Å². The van der Waals surface area contributed by atoms with E-state index in [-0.39, 0.29) is 23.8 Å². The van der Waals surface area contributed by atoms with Gasteiger partial charge in [0, 0.05) is 18.5 Å². The first-order chi connectivity index (χ1) is 9.43. The van der Waals surface area contributed by atoms with Crippen LogP contribution in [0.4, 0.5) is 0 Å². The van der Waals surface area contributed by atoms with Crippen molar-refractivity contribution in [3.05, 3.63) is 0 Å². The number of amides is 2. The largest absolute Gasteiger partial charge is 0.356 e. The highest BCUT2D eigenvalue weighted by Crippen LogP contribution is 2.17. The number of nitrogens with one attached hydrogen (secondary N) is 2. The Morgan fingerprint density at radius 1 is 1.20 bits per heavy atom. The molecule has 1 fully saturated rings. The lowest BCUT2D eigenvalue weighted by atomic mass is 9.96. The van der Waals surface area contributed by atoms with E-state index in [1.165, 1.54) is 0 Å². The van der Waals surface area contributed by atoms with Gasteiger partial charge in [-0.1, -0.05) is 13.8 Å². The fourth-order valence-electron chi connectivity index (χ4n) is 2.34. The third-order valence-corrected chi connectivity index (χ3v) is 4.07. The van der Waals surface area contributed by atoms with Crippen molar-refractivity contribution in [2.45, 2.75) is 46.6 Å². The molecule has 116 valence electrons. The lowest BCUT2D eigenvalue weighted by molar-refractivity contribution is -0.126. The van der Waals surface area contributed by atoms with Gasteiger partial charge in [-0.15, -0.1) is 0 Å². The lowest BCUT2D eigenvalue weighted by Crippen LogP contribution is -2.46. The molecule has 0 aromatic heterocycles. The predicted octanol–water partition coefficient (Wildman–Crippen LogP) is 0.995. The summed E-state index contributed by atoms with van der Waals surface area (Å²) >= 11 is 0. The Labute approximate surface area is 122 Å². The summed E-state index contributed by atoms with van der Waals surface area (Å²) in [4.78, 5) is 25.8. The SMILES string of the molecule is CCNC(=O)C1CCN(CC(=O)NC(C)C(C)C)CC1. The highest BCUT2D eigenvalue weighted by molar-refractivity contribution is 5.79. The second-order valence-electron chi connectivity index (χ2n) is 6.05. The quantitative estimate of drug-likeness (QED) is 0.764. The Kier molecular flexibility index (Phi) is 6.99. The molecule has 0 aliphatic carbocycles. The van der Waals surface area contributed by atoms with Crippen molar-refractivity contribution in [2.24, 2.45) is 11.8 Å². The summed E-state index contributed by atoms with van der Waals surface area (Å²) in [6, 6.07) is 0.204. The molecule has 1 atom stereocenters. The number of hydrogen-bond acceptors (Lipinski definition) is 3. The minimum Gasteiger partial charge on any atom is -0.356 e. The molecule has 0 aromatic rings. The maximum Gasteiger partial charge on any atom is 0.234 e. The van der Waals surface area contributed by atoms with E-state index < -0.39 is 0 Å². The Morgan fingerprint density at radius 3 is 2.30 bits per heavy atom. The molecule has 5 nitrogen and oxygen atoms in total. The molecular formula is C15H29N3O2. The minimum absolute atomic E-state index is 0.0858. The van der Waals surface area contributed by atoms with Gasteiger partial charge in [0.05, 0.1) is 6.54 Å². The van der Waals surface area contributed by atoms with Gasteiger partial charge in [0.1, 0.15) is 0 Å². The van der Waals surface area contributed by atoms with E-state index in [1.807, 2.05) is 13.8 Å². The average Bonchev–Trinajstić information content (AvgIpc) is 2.39. The third kappa shape index (κ3) is 5.49. The van der Waals surface area contributed by atoms with Crippen molar-refractivity contribution in [2.75, 3.05) is 26.2 Å². The van der Waals surface area contributed by atoms with E-state index in [4.69, 9.17) is 0 Å². The molecule has 1 aliphatic heterocycles. The van der Waals surface area contributed by atoms with E-state index in [0.717, 1.165) is 25.9 Å². The van der Waals surface area contributed by atoms with Gasteiger partial charge in [-0.25, -0.2) is 0 Å². The maximum atomic E-state index is 11.9. The summed E-state index contributed by atoms with van der Waals surface area (Å²) in [6.45, 7) is 11.0. The average molecular weight is 283 g/mol. The summed E-state index contributed by atoms with van der Waals surface area (Å²) < 4.78 is 0. The van der Waals surface area contributed by atoms with Gasteiger partial charge in [-0.05, 0) is 45.7 Å². The molecule has 0 spiro atoms. The van der Waals surface area contributed by atoms with Crippen LogP contribution in [0.1, 0.15) is 40.5 Å². The molecule has 0 saturated carbocycles. The van der Waals surface area contributed by atoms with E-state index >= 15 is 0 Å². The second-order valence-corrected chi connectivity index (χ2v) is 6.05. The smallest absolute Gasteiger partial charge is 0.234 e. The van der Waals surface area contributed by atoms with Crippen LogP contribution in [-0.2, 0) is 9.59 Å². The molecule has 0 aromatic carbocycles. The molecule has 1 saturated heterocycles. The van der Waals surface area contributed by atoms with Crippen molar-refractivity contribution in [3.8, 4) is 0 Å². The van der Waals surface area contributed by atoms with Gasteiger partial charge in [0.2, 0.25) is 11.8 Å². The molecule has 2 amide bonds. The van der Waals surface area contributed by atoms with Gasteiger partial charge in [-0.2, -0.15) is 0 Å². The van der Waals surface area contributed by atoms with Crippen LogP contribution in [0.25, 0.3) is 0 Å². The Bertz CT molecular complexity index is 323. The monoisotopic (exact) mass is 283 g/mol.